The second kappa shape index (κ2) is 6.35. The predicted octanol–water partition coefficient (Wildman–Crippen LogP) is 4.27. The normalized spacial score (nSPS) is 14.6. The maximum atomic E-state index is 14.3. The van der Waals surface area contributed by atoms with Gasteiger partial charge in [0.1, 0.15) is 5.82 Å². The Kier molecular flexibility index (Phi) is 3.83. The lowest BCUT2D eigenvalue weighted by Crippen LogP contribution is -2.30. The number of para-hydroxylation sites is 1. The van der Waals surface area contributed by atoms with Crippen LogP contribution < -0.4 is 0 Å². The van der Waals surface area contributed by atoms with Gasteiger partial charge in [0, 0.05) is 60.6 Å². The first-order valence-electron chi connectivity index (χ1n) is 9.27. The van der Waals surface area contributed by atoms with Crippen LogP contribution in [0.4, 0.5) is 4.39 Å². The molecule has 0 saturated carbocycles. The fourth-order valence-electron chi connectivity index (χ4n) is 4.16. The van der Waals surface area contributed by atoms with E-state index in [1.165, 1.54) is 28.2 Å². The number of benzene rings is 2. The summed E-state index contributed by atoms with van der Waals surface area (Å²) < 4.78 is 16.1. The number of nitrogens with zero attached hydrogens (tertiary/aromatic N) is 3. The lowest BCUT2D eigenvalue weighted by Gasteiger charge is -2.26. The third-order valence-electron chi connectivity index (χ3n) is 5.39. The lowest BCUT2D eigenvalue weighted by molar-refractivity contribution is 0.243. The molecule has 136 valence electrons. The molecule has 0 spiro atoms. The van der Waals surface area contributed by atoms with Gasteiger partial charge in [-0.1, -0.05) is 30.3 Å². The summed E-state index contributed by atoms with van der Waals surface area (Å²) in [7, 11) is 1.89. The number of H-pyrrole nitrogens is 1. The van der Waals surface area contributed by atoms with Crippen LogP contribution in [0.25, 0.3) is 22.2 Å². The molecular formula is C22H21FN4. The average Bonchev–Trinajstić information content (AvgIpc) is 3.21. The average molecular weight is 360 g/mol. The Morgan fingerprint density at radius 3 is 2.81 bits per heavy atom. The smallest absolute Gasteiger partial charge is 0.132 e. The van der Waals surface area contributed by atoms with E-state index in [9.17, 15) is 4.39 Å². The molecule has 0 amide bonds. The zero-order valence-electron chi connectivity index (χ0n) is 15.2. The van der Waals surface area contributed by atoms with Crippen LogP contribution in [0.15, 0.2) is 54.7 Å². The number of aryl methyl sites for hydroxylation is 1. The molecule has 0 atom stereocenters. The van der Waals surface area contributed by atoms with Gasteiger partial charge in [0.25, 0.3) is 0 Å². The minimum atomic E-state index is -0.228. The molecular weight excluding hydrogens is 339 g/mol. The molecule has 2 aromatic heterocycles. The van der Waals surface area contributed by atoms with E-state index in [1.807, 2.05) is 19.3 Å². The van der Waals surface area contributed by atoms with Gasteiger partial charge in [-0.2, -0.15) is 5.10 Å². The van der Waals surface area contributed by atoms with Crippen LogP contribution in [-0.4, -0.2) is 26.2 Å². The van der Waals surface area contributed by atoms with Gasteiger partial charge >= 0.3 is 0 Å². The number of fused-ring (bicyclic) bond motifs is 3. The van der Waals surface area contributed by atoms with Crippen LogP contribution >= 0.6 is 0 Å². The highest BCUT2D eigenvalue weighted by molar-refractivity contribution is 5.84. The van der Waals surface area contributed by atoms with Crippen molar-refractivity contribution in [2.45, 2.75) is 19.5 Å². The maximum Gasteiger partial charge on any atom is 0.132 e. The molecule has 1 aliphatic heterocycles. The number of aromatic amines is 1. The molecule has 0 saturated heterocycles. The molecule has 0 unspecified atom stereocenters. The van der Waals surface area contributed by atoms with Gasteiger partial charge in [-0.3, -0.25) is 9.58 Å². The molecule has 5 rings (SSSR count). The van der Waals surface area contributed by atoms with E-state index in [0.29, 0.717) is 5.56 Å². The molecule has 0 radical (unpaired) electrons. The zero-order valence-corrected chi connectivity index (χ0v) is 15.2. The van der Waals surface area contributed by atoms with Crippen LogP contribution in [-0.2, 0) is 26.6 Å². The SMILES string of the molecule is Cn1cc(CN2CCc3c([nH]c4ccccc34)C2)c(-c2ccccc2F)n1. The largest absolute Gasteiger partial charge is 0.357 e. The summed E-state index contributed by atoms with van der Waals surface area (Å²) in [5, 5.41) is 5.86. The van der Waals surface area contributed by atoms with Crippen molar-refractivity contribution < 1.29 is 4.39 Å². The Morgan fingerprint density at radius 1 is 1.11 bits per heavy atom. The van der Waals surface area contributed by atoms with Crippen molar-refractivity contribution in [3.05, 3.63) is 77.4 Å². The molecule has 5 heteroatoms. The fraction of sp³-hybridized carbons (Fsp3) is 0.227. The summed E-state index contributed by atoms with van der Waals surface area (Å²) in [6, 6.07) is 15.3. The van der Waals surface area contributed by atoms with E-state index in [4.69, 9.17) is 0 Å². The Hall–Kier alpha value is -2.92. The number of halogens is 1. The Labute approximate surface area is 157 Å². The van der Waals surface area contributed by atoms with Crippen LogP contribution in [0.5, 0.6) is 0 Å². The van der Waals surface area contributed by atoms with Crippen molar-refractivity contribution in [2.24, 2.45) is 7.05 Å². The highest BCUT2D eigenvalue weighted by Gasteiger charge is 2.22. The third kappa shape index (κ3) is 2.84. The van der Waals surface area contributed by atoms with E-state index >= 15 is 0 Å². The molecule has 1 aliphatic rings. The molecule has 4 nitrogen and oxygen atoms in total. The van der Waals surface area contributed by atoms with Gasteiger partial charge in [-0.05, 0) is 30.2 Å². The van der Waals surface area contributed by atoms with Crippen molar-refractivity contribution in [1.29, 1.82) is 0 Å². The molecule has 0 aliphatic carbocycles. The van der Waals surface area contributed by atoms with Gasteiger partial charge in [-0.15, -0.1) is 0 Å². The number of hydrogen-bond donors (Lipinski definition) is 1. The molecule has 27 heavy (non-hydrogen) atoms. The maximum absolute atomic E-state index is 14.3. The Balaban J connectivity index is 1.44. The topological polar surface area (TPSA) is 36.9 Å². The molecule has 0 fully saturated rings. The second-order valence-electron chi connectivity index (χ2n) is 7.24. The quantitative estimate of drug-likeness (QED) is 0.592. The first kappa shape index (κ1) is 16.3. The predicted molar refractivity (Wildman–Crippen MR) is 105 cm³/mol. The lowest BCUT2D eigenvalue weighted by atomic mass is 10.0. The molecule has 3 heterocycles. The number of aromatic nitrogens is 3. The van der Waals surface area contributed by atoms with Crippen molar-refractivity contribution >= 4 is 10.9 Å². The van der Waals surface area contributed by atoms with E-state index in [-0.39, 0.29) is 5.82 Å². The Morgan fingerprint density at radius 2 is 1.93 bits per heavy atom. The number of hydrogen-bond acceptors (Lipinski definition) is 2. The first-order chi connectivity index (χ1) is 13.2. The zero-order chi connectivity index (χ0) is 18.4. The second-order valence-corrected chi connectivity index (χ2v) is 7.24. The van der Waals surface area contributed by atoms with E-state index < -0.39 is 0 Å². The summed E-state index contributed by atoms with van der Waals surface area (Å²) >= 11 is 0. The monoisotopic (exact) mass is 360 g/mol. The highest BCUT2D eigenvalue weighted by Crippen LogP contribution is 2.30. The van der Waals surface area contributed by atoms with Crippen molar-refractivity contribution in [2.75, 3.05) is 6.54 Å². The van der Waals surface area contributed by atoms with Crippen LogP contribution in [0, 0.1) is 5.82 Å². The van der Waals surface area contributed by atoms with E-state index in [0.717, 1.165) is 37.3 Å². The number of rotatable bonds is 3. The highest BCUT2D eigenvalue weighted by atomic mass is 19.1. The van der Waals surface area contributed by atoms with Gasteiger partial charge < -0.3 is 4.98 Å². The van der Waals surface area contributed by atoms with Gasteiger partial charge in [-0.25, -0.2) is 4.39 Å². The Bertz CT molecular complexity index is 1120. The summed E-state index contributed by atoms with van der Waals surface area (Å²) in [5.74, 6) is -0.228. The van der Waals surface area contributed by atoms with Crippen molar-refractivity contribution in [3.8, 4) is 11.3 Å². The van der Waals surface area contributed by atoms with Gasteiger partial charge in [0.05, 0.1) is 5.69 Å². The summed E-state index contributed by atoms with van der Waals surface area (Å²) in [4.78, 5) is 5.97. The van der Waals surface area contributed by atoms with Crippen molar-refractivity contribution in [3.63, 3.8) is 0 Å². The van der Waals surface area contributed by atoms with Gasteiger partial charge in [0.15, 0.2) is 0 Å². The van der Waals surface area contributed by atoms with E-state index in [1.54, 1.807) is 16.8 Å². The van der Waals surface area contributed by atoms with Crippen molar-refractivity contribution in [1.82, 2.24) is 19.7 Å². The van der Waals surface area contributed by atoms with Crippen LogP contribution in [0.1, 0.15) is 16.8 Å². The summed E-state index contributed by atoms with van der Waals surface area (Å²) in [6.45, 7) is 2.61. The fourth-order valence-corrected chi connectivity index (χ4v) is 4.16. The number of nitrogens with one attached hydrogen (secondary N) is 1. The van der Waals surface area contributed by atoms with Gasteiger partial charge in [0.2, 0.25) is 0 Å². The van der Waals surface area contributed by atoms with Crippen LogP contribution in [0.2, 0.25) is 0 Å². The third-order valence-corrected chi connectivity index (χ3v) is 5.39. The summed E-state index contributed by atoms with van der Waals surface area (Å²) in [6.07, 6.45) is 3.02. The first-order valence-corrected chi connectivity index (χ1v) is 9.27. The summed E-state index contributed by atoms with van der Waals surface area (Å²) in [5.41, 5.74) is 6.29. The minimum absolute atomic E-state index is 0.228. The minimum Gasteiger partial charge on any atom is -0.357 e. The molecule has 0 bridgehead atoms. The standard InChI is InChI=1S/C22H21FN4/c1-26-12-15(22(25-26)18-7-2-4-8-19(18)23)13-27-11-10-17-16-6-3-5-9-20(16)24-21(17)14-27/h2-9,12,24H,10-11,13-14H2,1H3. The molecule has 2 aromatic carbocycles. The van der Waals surface area contributed by atoms with E-state index in [2.05, 4.69) is 39.2 Å². The van der Waals surface area contributed by atoms with Crippen LogP contribution in [0.3, 0.4) is 0 Å². The molecule has 1 N–H and O–H groups in total. The molecule has 4 aromatic rings.